The lowest BCUT2D eigenvalue weighted by atomic mass is 10.4. The summed E-state index contributed by atoms with van der Waals surface area (Å²) in [7, 11) is -3.21. The molecule has 0 saturated carbocycles. The zero-order valence-corrected chi connectivity index (χ0v) is 14.4. The van der Waals surface area contributed by atoms with Gasteiger partial charge in [0, 0.05) is 15.5 Å². The van der Waals surface area contributed by atoms with Gasteiger partial charge in [-0.1, -0.05) is 40.7 Å². The fraction of sp³-hybridized carbons (Fsp3) is 0.267. The molecule has 0 aliphatic rings. The highest BCUT2D eigenvalue weighted by atomic mass is 79.9. The smallest absolute Gasteiger partial charge is 0.279 e. The Morgan fingerprint density at radius 1 is 1.55 bits per heavy atom. The number of hydrogen-bond acceptors (Lipinski definition) is 3. The molecule has 20 heavy (non-hydrogen) atoms. The van der Waals surface area contributed by atoms with Gasteiger partial charge in [-0.3, -0.25) is 4.57 Å². The first-order valence-electron chi connectivity index (χ1n) is 6.33. The van der Waals surface area contributed by atoms with Crippen LogP contribution in [0.2, 0.25) is 0 Å². The highest BCUT2D eigenvalue weighted by molar-refractivity contribution is 9.10. The van der Waals surface area contributed by atoms with Gasteiger partial charge >= 0.3 is 0 Å². The average Bonchev–Trinajstić information content (AvgIpc) is 2.38. The lowest BCUT2D eigenvalue weighted by Crippen LogP contribution is -2.14. The Bertz CT molecular complexity index is 573. The lowest BCUT2D eigenvalue weighted by Gasteiger charge is -2.19. The fourth-order valence-corrected chi connectivity index (χ4v) is 4.45. The van der Waals surface area contributed by atoms with Crippen LogP contribution >= 0.6 is 23.3 Å². The zero-order chi connectivity index (χ0) is 15.2. The summed E-state index contributed by atoms with van der Waals surface area (Å²) in [4.78, 5) is 4.37. The maximum absolute atomic E-state index is 13.3. The van der Waals surface area contributed by atoms with Gasteiger partial charge in [0.15, 0.2) is 0 Å². The molecule has 1 aromatic rings. The minimum Gasteiger partial charge on any atom is -0.321 e. The van der Waals surface area contributed by atoms with Gasteiger partial charge in [-0.25, -0.2) is 4.98 Å². The van der Waals surface area contributed by atoms with Crippen LogP contribution in [-0.2, 0) is 9.09 Å². The normalized spacial score (nSPS) is 15.3. The number of allylic oxidation sites excluding steroid dienone is 5. The van der Waals surface area contributed by atoms with E-state index in [0.29, 0.717) is 17.4 Å². The Labute approximate surface area is 129 Å². The largest absolute Gasteiger partial charge is 0.321 e. The lowest BCUT2D eigenvalue weighted by molar-refractivity contribution is 0.345. The number of nitrogens with zero attached hydrogens (tertiary/aromatic N) is 1. The van der Waals surface area contributed by atoms with Crippen LogP contribution in [0.5, 0.6) is 0 Å². The van der Waals surface area contributed by atoms with E-state index in [1.54, 1.807) is 18.2 Å². The van der Waals surface area contributed by atoms with E-state index in [0.717, 1.165) is 10.2 Å². The fourth-order valence-electron chi connectivity index (χ4n) is 1.70. The number of aryl methyl sites for hydroxylation is 1. The van der Waals surface area contributed by atoms with Crippen LogP contribution in [0.25, 0.3) is 0 Å². The van der Waals surface area contributed by atoms with Crippen molar-refractivity contribution in [3.63, 3.8) is 0 Å². The van der Waals surface area contributed by atoms with Crippen molar-refractivity contribution in [1.29, 1.82) is 0 Å². The second-order valence-corrected chi connectivity index (χ2v) is 7.33. The summed E-state index contributed by atoms with van der Waals surface area (Å²) < 4.78 is 19.7. The maximum atomic E-state index is 13.3. The van der Waals surface area contributed by atoms with Gasteiger partial charge in [0.25, 0.3) is 7.37 Å². The molecule has 0 saturated heterocycles. The van der Waals surface area contributed by atoms with Crippen molar-refractivity contribution < 1.29 is 9.09 Å². The van der Waals surface area contributed by atoms with E-state index in [9.17, 15) is 4.57 Å². The van der Waals surface area contributed by atoms with Crippen molar-refractivity contribution in [3.05, 3.63) is 58.5 Å². The molecule has 0 fully saturated rings. The number of pyridine rings is 1. The molecule has 5 heteroatoms. The van der Waals surface area contributed by atoms with Gasteiger partial charge in [-0.15, -0.1) is 0 Å². The summed E-state index contributed by atoms with van der Waals surface area (Å²) in [5.74, 6) is 0. The summed E-state index contributed by atoms with van der Waals surface area (Å²) in [6, 6.07) is 3.60. The Balaban J connectivity index is 3.47. The molecule has 0 amide bonds. The Morgan fingerprint density at radius 2 is 2.25 bits per heavy atom. The van der Waals surface area contributed by atoms with Gasteiger partial charge < -0.3 is 4.52 Å². The first-order chi connectivity index (χ1) is 9.47. The third-order valence-electron chi connectivity index (χ3n) is 2.53. The van der Waals surface area contributed by atoms with E-state index in [-0.39, 0.29) is 0 Å². The number of rotatable bonds is 6. The van der Waals surface area contributed by atoms with E-state index in [1.807, 2.05) is 39.0 Å². The SMILES string of the molecule is C=C/C(=C\C=C/C)P(=O)(OCC)c1cc(Br)cc(C)n1. The van der Waals surface area contributed by atoms with Crippen LogP contribution in [0.1, 0.15) is 19.5 Å². The molecule has 0 bridgehead atoms. The standard InChI is InChI=1S/C15H19BrNO2P/c1-5-8-9-14(6-2)20(18,19-7-3)15-11-13(16)10-12(4)17-15/h5-6,8-11H,2,7H2,1,3-4H3/b8-5-,14-9+. The summed E-state index contributed by atoms with van der Waals surface area (Å²) in [6.07, 6.45) is 6.99. The molecule has 0 radical (unpaired) electrons. The Kier molecular flexibility index (Phi) is 6.60. The van der Waals surface area contributed by atoms with Crippen molar-refractivity contribution in [3.8, 4) is 0 Å². The number of hydrogen-bond donors (Lipinski definition) is 0. The van der Waals surface area contributed by atoms with E-state index < -0.39 is 7.37 Å². The third kappa shape index (κ3) is 4.02. The molecule has 0 aromatic carbocycles. The van der Waals surface area contributed by atoms with Crippen LogP contribution in [0.15, 0.2) is 52.8 Å². The van der Waals surface area contributed by atoms with Crippen LogP contribution in [0, 0.1) is 6.92 Å². The quantitative estimate of drug-likeness (QED) is 0.546. The van der Waals surface area contributed by atoms with Crippen molar-refractivity contribution >= 4 is 28.7 Å². The van der Waals surface area contributed by atoms with Crippen molar-refractivity contribution in [2.45, 2.75) is 20.8 Å². The van der Waals surface area contributed by atoms with Gasteiger partial charge in [0.2, 0.25) is 0 Å². The van der Waals surface area contributed by atoms with E-state index in [2.05, 4.69) is 27.5 Å². The van der Waals surface area contributed by atoms with Gasteiger partial charge in [-0.05, 0) is 39.0 Å². The van der Waals surface area contributed by atoms with Crippen LogP contribution in [0.4, 0.5) is 0 Å². The second kappa shape index (κ2) is 7.72. The molecule has 108 valence electrons. The summed E-state index contributed by atoms with van der Waals surface area (Å²) >= 11 is 3.40. The molecular formula is C15H19BrNO2P. The van der Waals surface area contributed by atoms with Gasteiger partial charge in [-0.2, -0.15) is 0 Å². The first-order valence-corrected chi connectivity index (χ1v) is 8.75. The molecule has 1 heterocycles. The molecule has 0 aliphatic heterocycles. The molecule has 0 spiro atoms. The maximum Gasteiger partial charge on any atom is 0.279 e. The highest BCUT2D eigenvalue weighted by Gasteiger charge is 2.31. The molecule has 0 N–H and O–H groups in total. The minimum absolute atomic E-state index is 0.339. The number of halogens is 1. The molecule has 0 aliphatic carbocycles. The van der Waals surface area contributed by atoms with Crippen LogP contribution in [-0.4, -0.2) is 11.6 Å². The molecular weight excluding hydrogens is 337 g/mol. The Hall–Kier alpha value is -0.960. The monoisotopic (exact) mass is 355 g/mol. The first kappa shape index (κ1) is 17.1. The highest BCUT2D eigenvalue weighted by Crippen LogP contribution is 2.54. The second-order valence-electron chi connectivity index (χ2n) is 4.08. The molecule has 3 nitrogen and oxygen atoms in total. The van der Waals surface area contributed by atoms with Gasteiger partial charge in [0.05, 0.1) is 6.61 Å². The minimum atomic E-state index is -3.21. The van der Waals surface area contributed by atoms with Gasteiger partial charge in [0.1, 0.15) is 5.44 Å². The van der Waals surface area contributed by atoms with Crippen LogP contribution in [0.3, 0.4) is 0 Å². The van der Waals surface area contributed by atoms with Crippen molar-refractivity contribution in [2.24, 2.45) is 0 Å². The van der Waals surface area contributed by atoms with Crippen LogP contribution < -0.4 is 5.44 Å². The molecule has 1 atom stereocenters. The third-order valence-corrected chi connectivity index (χ3v) is 5.45. The van der Waals surface area contributed by atoms with E-state index >= 15 is 0 Å². The van der Waals surface area contributed by atoms with Crippen molar-refractivity contribution in [1.82, 2.24) is 4.98 Å². The topological polar surface area (TPSA) is 39.2 Å². The summed E-state index contributed by atoms with van der Waals surface area (Å²) in [6.45, 7) is 9.64. The summed E-state index contributed by atoms with van der Waals surface area (Å²) in [5, 5.41) is 0.544. The zero-order valence-electron chi connectivity index (χ0n) is 12.0. The number of aromatic nitrogens is 1. The summed E-state index contributed by atoms with van der Waals surface area (Å²) in [5.41, 5.74) is 1.21. The molecule has 1 rings (SSSR count). The molecule has 1 aromatic heterocycles. The Morgan fingerprint density at radius 3 is 2.75 bits per heavy atom. The predicted molar refractivity (Wildman–Crippen MR) is 88.6 cm³/mol. The molecule has 1 unspecified atom stereocenters. The predicted octanol–water partition coefficient (Wildman–Crippen LogP) is 4.74. The van der Waals surface area contributed by atoms with E-state index in [1.165, 1.54) is 0 Å². The van der Waals surface area contributed by atoms with E-state index in [4.69, 9.17) is 4.52 Å². The average molecular weight is 356 g/mol. The van der Waals surface area contributed by atoms with Crippen molar-refractivity contribution in [2.75, 3.05) is 6.61 Å².